The van der Waals surface area contributed by atoms with E-state index in [-0.39, 0.29) is 12.5 Å². The molecule has 1 aliphatic heterocycles. The number of para-hydroxylation sites is 2. The fourth-order valence-electron chi connectivity index (χ4n) is 2.98. The van der Waals surface area contributed by atoms with Crippen LogP contribution >= 0.6 is 11.3 Å². The lowest BCUT2D eigenvalue weighted by atomic mass is 10.2. The van der Waals surface area contributed by atoms with Gasteiger partial charge >= 0.3 is 6.09 Å². The van der Waals surface area contributed by atoms with Gasteiger partial charge in [-0.2, -0.15) is 0 Å². The van der Waals surface area contributed by atoms with Crippen molar-refractivity contribution < 1.29 is 14.3 Å². The number of aromatic nitrogens is 3. The number of anilines is 1. The normalized spacial score (nSPS) is 13.5. The Labute approximate surface area is 153 Å². The zero-order valence-electron chi connectivity index (χ0n) is 14.1. The van der Waals surface area contributed by atoms with Gasteiger partial charge in [-0.15, -0.1) is 0 Å². The van der Waals surface area contributed by atoms with Crippen LogP contribution in [0.4, 0.5) is 9.93 Å². The van der Waals surface area contributed by atoms with Gasteiger partial charge in [-0.25, -0.2) is 14.8 Å². The summed E-state index contributed by atoms with van der Waals surface area (Å²) >= 11 is 1.37. The molecular weight excluding hydrogens is 354 g/mol. The van der Waals surface area contributed by atoms with Gasteiger partial charge in [-0.05, 0) is 12.1 Å². The molecule has 0 aliphatic carbocycles. The van der Waals surface area contributed by atoms with E-state index in [1.54, 1.807) is 6.33 Å². The number of benzene rings is 1. The molecule has 134 valence electrons. The van der Waals surface area contributed by atoms with Gasteiger partial charge in [0.25, 0.3) is 0 Å². The van der Waals surface area contributed by atoms with E-state index in [2.05, 4.69) is 20.0 Å². The first kappa shape index (κ1) is 16.5. The minimum absolute atomic E-state index is 0.0367. The van der Waals surface area contributed by atoms with Crippen molar-refractivity contribution >= 4 is 39.5 Å². The zero-order chi connectivity index (χ0) is 18.1. The number of thiazole rings is 1. The van der Waals surface area contributed by atoms with Crippen LogP contribution in [-0.4, -0.2) is 45.1 Å². The van der Waals surface area contributed by atoms with Gasteiger partial charge in [0.1, 0.15) is 6.54 Å². The summed E-state index contributed by atoms with van der Waals surface area (Å²) in [7, 11) is 1.31. The SMILES string of the molecule is COC(=O)Nc1nc2c(s1)CN(C(=O)Cn1cnc3ccccc31)CC2. The lowest BCUT2D eigenvalue weighted by Crippen LogP contribution is -2.37. The van der Waals surface area contributed by atoms with Crippen LogP contribution < -0.4 is 5.32 Å². The first-order valence-electron chi connectivity index (χ1n) is 8.15. The topological polar surface area (TPSA) is 89.4 Å². The molecule has 8 nitrogen and oxygen atoms in total. The first-order valence-corrected chi connectivity index (χ1v) is 8.97. The molecule has 0 saturated carbocycles. The number of carbonyl (C=O) groups is 2. The standard InChI is InChI=1S/C17H17N5O3S/c1-25-17(24)20-16-19-12-6-7-21(8-14(12)26-16)15(23)9-22-10-18-11-4-2-3-5-13(11)22/h2-5,10H,6-9H2,1H3,(H,19,20,24). The van der Waals surface area contributed by atoms with Crippen LogP contribution in [0.1, 0.15) is 10.6 Å². The Hall–Kier alpha value is -2.94. The third-order valence-electron chi connectivity index (χ3n) is 4.31. The summed E-state index contributed by atoms with van der Waals surface area (Å²) in [5, 5.41) is 3.08. The first-order chi connectivity index (χ1) is 12.6. The largest absolute Gasteiger partial charge is 0.453 e. The van der Waals surface area contributed by atoms with E-state index in [0.29, 0.717) is 24.6 Å². The highest BCUT2D eigenvalue weighted by Crippen LogP contribution is 2.28. The summed E-state index contributed by atoms with van der Waals surface area (Å²) in [6.45, 7) is 1.36. The Morgan fingerprint density at radius 2 is 2.19 bits per heavy atom. The van der Waals surface area contributed by atoms with Gasteiger partial charge in [0.05, 0.1) is 36.7 Å². The molecule has 9 heteroatoms. The minimum Gasteiger partial charge on any atom is -0.453 e. The molecule has 0 fully saturated rings. The maximum Gasteiger partial charge on any atom is 0.413 e. The number of nitrogens with one attached hydrogen (secondary N) is 1. The van der Waals surface area contributed by atoms with Crippen molar-refractivity contribution in [2.45, 2.75) is 19.5 Å². The summed E-state index contributed by atoms with van der Waals surface area (Å²) in [6, 6.07) is 7.75. The number of nitrogens with zero attached hydrogens (tertiary/aromatic N) is 4. The van der Waals surface area contributed by atoms with Crippen LogP contribution in [0, 0.1) is 0 Å². The van der Waals surface area contributed by atoms with E-state index < -0.39 is 6.09 Å². The Morgan fingerprint density at radius 1 is 1.35 bits per heavy atom. The quantitative estimate of drug-likeness (QED) is 0.763. The molecule has 3 aromatic rings. The highest BCUT2D eigenvalue weighted by atomic mass is 32.1. The fraction of sp³-hybridized carbons (Fsp3) is 0.294. The smallest absolute Gasteiger partial charge is 0.413 e. The molecule has 0 unspecified atom stereocenters. The monoisotopic (exact) mass is 371 g/mol. The summed E-state index contributed by atoms with van der Waals surface area (Å²) < 4.78 is 6.45. The van der Waals surface area contributed by atoms with Crippen molar-refractivity contribution in [3.63, 3.8) is 0 Å². The van der Waals surface area contributed by atoms with Crippen LogP contribution in [0.25, 0.3) is 11.0 Å². The Kier molecular flexibility index (Phi) is 4.29. The van der Waals surface area contributed by atoms with Crippen molar-refractivity contribution in [3.05, 3.63) is 41.2 Å². The van der Waals surface area contributed by atoms with Crippen LogP contribution in [0.3, 0.4) is 0 Å². The van der Waals surface area contributed by atoms with Crippen LogP contribution in [0.15, 0.2) is 30.6 Å². The second kappa shape index (κ2) is 6.75. The fourth-order valence-corrected chi connectivity index (χ4v) is 3.99. The number of imidazole rings is 1. The molecule has 0 spiro atoms. The molecule has 2 amide bonds. The van der Waals surface area contributed by atoms with E-state index in [0.717, 1.165) is 21.6 Å². The summed E-state index contributed by atoms with van der Waals surface area (Å²) in [5.41, 5.74) is 2.75. The van der Waals surface area contributed by atoms with Gasteiger partial charge in [-0.3, -0.25) is 10.1 Å². The number of carbonyl (C=O) groups excluding carboxylic acids is 2. The zero-order valence-corrected chi connectivity index (χ0v) is 15.0. The van der Waals surface area contributed by atoms with Crippen molar-refractivity contribution in [1.29, 1.82) is 0 Å². The number of methoxy groups -OCH3 is 1. The molecule has 1 aliphatic rings. The van der Waals surface area contributed by atoms with Crippen molar-refractivity contribution in [2.24, 2.45) is 0 Å². The highest BCUT2D eigenvalue weighted by molar-refractivity contribution is 7.15. The van der Waals surface area contributed by atoms with E-state index in [9.17, 15) is 9.59 Å². The van der Waals surface area contributed by atoms with Crippen molar-refractivity contribution in [2.75, 3.05) is 19.0 Å². The Morgan fingerprint density at radius 3 is 3.04 bits per heavy atom. The van der Waals surface area contributed by atoms with Crippen LogP contribution in [0.5, 0.6) is 0 Å². The van der Waals surface area contributed by atoms with Crippen LogP contribution in [-0.2, 0) is 29.0 Å². The van der Waals surface area contributed by atoms with E-state index in [4.69, 9.17) is 0 Å². The number of ether oxygens (including phenoxy) is 1. The lowest BCUT2D eigenvalue weighted by molar-refractivity contribution is -0.132. The third kappa shape index (κ3) is 3.13. The Bertz CT molecular complexity index is 980. The summed E-state index contributed by atoms with van der Waals surface area (Å²) in [6.07, 6.45) is 1.82. The second-order valence-electron chi connectivity index (χ2n) is 5.93. The number of fused-ring (bicyclic) bond motifs is 2. The molecule has 26 heavy (non-hydrogen) atoms. The molecule has 2 aromatic heterocycles. The van der Waals surface area contributed by atoms with Crippen molar-refractivity contribution in [3.8, 4) is 0 Å². The number of hydrogen-bond acceptors (Lipinski definition) is 6. The van der Waals surface area contributed by atoms with Gasteiger partial charge < -0.3 is 14.2 Å². The number of hydrogen-bond donors (Lipinski definition) is 1. The molecule has 1 N–H and O–H groups in total. The maximum absolute atomic E-state index is 12.7. The average Bonchev–Trinajstić information content (AvgIpc) is 3.24. The Balaban J connectivity index is 1.46. The second-order valence-corrected chi connectivity index (χ2v) is 7.02. The minimum atomic E-state index is -0.545. The molecule has 0 bridgehead atoms. The third-order valence-corrected chi connectivity index (χ3v) is 5.31. The summed E-state index contributed by atoms with van der Waals surface area (Å²) in [5.74, 6) is 0.0367. The van der Waals surface area contributed by atoms with E-state index in [1.807, 2.05) is 33.7 Å². The molecule has 0 saturated heterocycles. The molecule has 0 atom stereocenters. The maximum atomic E-state index is 12.7. The lowest BCUT2D eigenvalue weighted by Gasteiger charge is -2.26. The molecular formula is C17H17N5O3S. The summed E-state index contributed by atoms with van der Waals surface area (Å²) in [4.78, 5) is 35.6. The van der Waals surface area contributed by atoms with Gasteiger partial charge in [0, 0.05) is 17.8 Å². The number of rotatable bonds is 3. The van der Waals surface area contributed by atoms with Crippen molar-refractivity contribution in [1.82, 2.24) is 19.4 Å². The molecule has 1 aromatic carbocycles. The van der Waals surface area contributed by atoms with E-state index in [1.165, 1.54) is 18.4 Å². The van der Waals surface area contributed by atoms with Gasteiger partial charge in [0.2, 0.25) is 5.91 Å². The molecule has 0 radical (unpaired) electrons. The molecule has 3 heterocycles. The molecule has 4 rings (SSSR count). The predicted octanol–water partition coefficient (Wildman–Crippen LogP) is 2.26. The number of amides is 2. The van der Waals surface area contributed by atoms with E-state index >= 15 is 0 Å². The highest BCUT2D eigenvalue weighted by Gasteiger charge is 2.25. The van der Waals surface area contributed by atoms with Gasteiger partial charge in [0.15, 0.2) is 5.13 Å². The van der Waals surface area contributed by atoms with Crippen LogP contribution in [0.2, 0.25) is 0 Å². The average molecular weight is 371 g/mol. The predicted molar refractivity (Wildman–Crippen MR) is 97.0 cm³/mol. The van der Waals surface area contributed by atoms with Gasteiger partial charge in [-0.1, -0.05) is 23.5 Å².